The zero-order chi connectivity index (χ0) is 12.6. The third kappa shape index (κ3) is 2.63. The van der Waals surface area contributed by atoms with Crippen molar-refractivity contribution < 1.29 is 9.53 Å². The van der Waals surface area contributed by atoms with Crippen LogP contribution in [0.4, 0.5) is 4.79 Å². The van der Waals surface area contributed by atoms with E-state index in [1.807, 2.05) is 20.8 Å². The first-order valence-corrected chi connectivity index (χ1v) is 6.28. The molecular formula is C13H22N2O2. The second-order valence-corrected chi connectivity index (χ2v) is 6.02. The SMILES string of the molecule is CC(C)(C)OC(=O)N[C@H]1[C@@H](CN)[C@@H]2C=C[C@H]1C2. The summed E-state index contributed by atoms with van der Waals surface area (Å²) < 4.78 is 5.29. The first-order valence-electron chi connectivity index (χ1n) is 6.28. The highest BCUT2D eigenvalue weighted by Crippen LogP contribution is 2.43. The number of hydrogen-bond acceptors (Lipinski definition) is 3. The van der Waals surface area contributed by atoms with Crippen LogP contribution in [-0.2, 0) is 4.74 Å². The summed E-state index contributed by atoms with van der Waals surface area (Å²) in [5.74, 6) is 1.32. The number of allylic oxidation sites excluding steroid dienone is 1. The van der Waals surface area contributed by atoms with Gasteiger partial charge in [0.2, 0.25) is 0 Å². The molecule has 1 saturated carbocycles. The zero-order valence-electron chi connectivity index (χ0n) is 10.8. The van der Waals surface area contributed by atoms with Gasteiger partial charge in [-0.1, -0.05) is 12.2 Å². The molecule has 0 spiro atoms. The highest BCUT2D eigenvalue weighted by Gasteiger charge is 2.44. The third-order valence-electron chi connectivity index (χ3n) is 3.58. The second-order valence-electron chi connectivity index (χ2n) is 6.02. The molecule has 1 amide bonds. The minimum atomic E-state index is -0.449. The van der Waals surface area contributed by atoms with Crippen LogP contribution in [-0.4, -0.2) is 24.3 Å². The Balaban J connectivity index is 1.95. The fourth-order valence-electron chi connectivity index (χ4n) is 2.90. The number of amides is 1. The highest BCUT2D eigenvalue weighted by atomic mass is 16.6. The lowest BCUT2D eigenvalue weighted by molar-refractivity contribution is 0.0482. The van der Waals surface area contributed by atoms with Crippen molar-refractivity contribution in [1.82, 2.24) is 5.32 Å². The summed E-state index contributed by atoms with van der Waals surface area (Å²) >= 11 is 0. The first kappa shape index (κ1) is 12.4. The molecule has 2 bridgehead atoms. The Labute approximate surface area is 103 Å². The van der Waals surface area contributed by atoms with Crippen LogP contribution >= 0.6 is 0 Å². The molecule has 0 radical (unpaired) electrons. The summed E-state index contributed by atoms with van der Waals surface area (Å²) in [4.78, 5) is 11.8. The summed E-state index contributed by atoms with van der Waals surface area (Å²) in [5, 5.41) is 2.98. The summed E-state index contributed by atoms with van der Waals surface area (Å²) in [5.41, 5.74) is 5.34. The van der Waals surface area contributed by atoms with Crippen LogP contribution in [0.15, 0.2) is 12.2 Å². The van der Waals surface area contributed by atoms with Crippen LogP contribution in [0.2, 0.25) is 0 Å². The van der Waals surface area contributed by atoms with Gasteiger partial charge in [-0.25, -0.2) is 4.79 Å². The Hall–Kier alpha value is -1.03. The lowest BCUT2D eigenvalue weighted by Crippen LogP contribution is -2.47. The van der Waals surface area contributed by atoms with Crippen LogP contribution < -0.4 is 11.1 Å². The Kier molecular flexibility index (Phi) is 3.17. The topological polar surface area (TPSA) is 64.3 Å². The highest BCUT2D eigenvalue weighted by molar-refractivity contribution is 5.68. The monoisotopic (exact) mass is 238 g/mol. The summed E-state index contributed by atoms with van der Waals surface area (Å²) in [6.45, 7) is 6.22. The minimum absolute atomic E-state index is 0.143. The average molecular weight is 238 g/mol. The van der Waals surface area contributed by atoms with Crippen molar-refractivity contribution >= 4 is 6.09 Å². The van der Waals surface area contributed by atoms with Gasteiger partial charge in [0.1, 0.15) is 5.60 Å². The predicted molar refractivity (Wildman–Crippen MR) is 66.4 cm³/mol. The number of nitrogens with two attached hydrogens (primary N) is 1. The molecule has 4 nitrogen and oxygen atoms in total. The van der Waals surface area contributed by atoms with Gasteiger partial charge in [-0.15, -0.1) is 0 Å². The van der Waals surface area contributed by atoms with E-state index in [9.17, 15) is 4.79 Å². The maximum Gasteiger partial charge on any atom is 0.407 e. The maximum absolute atomic E-state index is 11.8. The molecule has 96 valence electrons. The minimum Gasteiger partial charge on any atom is -0.444 e. The van der Waals surface area contributed by atoms with E-state index in [4.69, 9.17) is 10.5 Å². The van der Waals surface area contributed by atoms with Crippen LogP contribution in [0, 0.1) is 17.8 Å². The normalized spacial score (nSPS) is 35.1. The fraction of sp³-hybridized carbons (Fsp3) is 0.769. The van der Waals surface area contributed by atoms with Crippen LogP contribution in [0.25, 0.3) is 0 Å². The Bertz CT molecular complexity index is 333. The standard InChI is InChI=1S/C13H22N2O2/c1-13(2,3)17-12(16)15-11-9-5-4-8(6-9)10(11)7-14/h4-5,8-11H,6-7,14H2,1-3H3,(H,15,16)/t8-,9+,10+,11-/m1/s1. The van der Waals surface area contributed by atoms with Gasteiger partial charge in [0.25, 0.3) is 0 Å². The van der Waals surface area contributed by atoms with Gasteiger partial charge in [0, 0.05) is 6.04 Å². The molecule has 0 unspecified atom stereocenters. The van der Waals surface area contributed by atoms with E-state index in [0.29, 0.717) is 24.3 Å². The van der Waals surface area contributed by atoms with Gasteiger partial charge in [-0.2, -0.15) is 0 Å². The van der Waals surface area contributed by atoms with E-state index in [-0.39, 0.29) is 12.1 Å². The number of carbonyl (C=O) groups is 1. The Morgan fingerprint density at radius 1 is 1.41 bits per heavy atom. The average Bonchev–Trinajstić information content (AvgIpc) is 2.74. The Morgan fingerprint density at radius 3 is 2.65 bits per heavy atom. The van der Waals surface area contributed by atoms with Crippen molar-refractivity contribution in [2.45, 2.75) is 38.8 Å². The number of nitrogens with one attached hydrogen (secondary N) is 1. The molecule has 0 aromatic heterocycles. The van der Waals surface area contributed by atoms with Crippen LogP contribution in [0.5, 0.6) is 0 Å². The van der Waals surface area contributed by atoms with E-state index in [2.05, 4.69) is 17.5 Å². The number of hydrogen-bond donors (Lipinski definition) is 2. The van der Waals surface area contributed by atoms with Crippen LogP contribution in [0.1, 0.15) is 27.2 Å². The smallest absolute Gasteiger partial charge is 0.407 e. The zero-order valence-corrected chi connectivity index (χ0v) is 10.8. The molecule has 4 heteroatoms. The predicted octanol–water partition coefficient (Wildman–Crippen LogP) is 1.66. The number of rotatable bonds is 2. The van der Waals surface area contributed by atoms with Crippen LogP contribution in [0.3, 0.4) is 0 Å². The fourth-order valence-corrected chi connectivity index (χ4v) is 2.90. The molecule has 0 aromatic rings. The molecule has 2 aliphatic rings. The van der Waals surface area contributed by atoms with E-state index < -0.39 is 5.60 Å². The summed E-state index contributed by atoms with van der Waals surface area (Å²) in [6, 6.07) is 0.143. The van der Waals surface area contributed by atoms with E-state index in [1.54, 1.807) is 0 Å². The van der Waals surface area contributed by atoms with Gasteiger partial charge in [-0.05, 0) is 51.5 Å². The number of alkyl carbamates (subject to hydrolysis) is 1. The molecule has 4 atom stereocenters. The van der Waals surface area contributed by atoms with Crippen molar-refractivity contribution in [3.05, 3.63) is 12.2 Å². The van der Waals surface area contributed by atoms with Gasteiger partial charge in [0.15, 0.2) is 0 Å². The molecule has 0 saturated heterocycles. The van der Waals surface area contributed by atoms with E-state index in [0.717, 1.165) is 6.42 Å². The van der Waals surface area contributed by atoms with Crippen molar-refractivity contribution in [3.63, 3.8) is 0 Å². The maximum atomic E-state index is 11.8. The van der Waals surface area contributed by atoms with Crippen molar-refractivity contribution in [2.24, 2.45) is 23.5 Å². The Morgan fingerprint density at radius 2 is 2.06 bits per heavy atom. The third-order valence-corrected chi connectivity index (χ3v) is 3.58. The molecule has 0 aromatic carbocycles. The second kappa shape index (κ2) is 4.33. The number of ether oxygens (including phenoxy) is 1. The summed E-state index contributed by atoms with van der Waals surface area (Å²) in [6.07, 6.45) is 5.21. The van der Waals surface area contributed by atoms with Gasteiger partial charge < -0.3 is 15.8 Å². The molecule has 17 heavy (non-hydrogen) atoms. The lowest BCUT2D eigenvalue weighted by Gasteiger charge is -2.29. The summed E-state index contributed by atoms with van der Waals surface area (Å²) in [7, 11) is 0. The molecule has 0 heterocycles. The first-order chi connectivity index (χ1) is 7.90. The molecule has 3 N–H and O–H groups in total. The van der Waals surface area contributed by atoms with E-state index in [1.165, 1.54) is 0 Å². The number of carbonyl (C=O) groups excluding carboxylic acids is 1. The van der Waals surface area contributed by atoms with Gasteiger partial charge >= 0.3 is 6.09 Å². The number of fused-ring (bicyclic) bond motifs is 2. The quantitative estimate of drug-likeness (QED) is 0.719. The van der Waals surface area contributed by atoms with Crippen molar-refractivity contribution in [3.8, 4) is 0 Å². The molecule has 1 fully saturated rings. The molecule has 2 rings (SSSR count). The van der Waals surface area contributed by atoms with Gasteiger partial charge in [-0.3, -0.25) is 0 Å². The largest absolute Gasteiger partial charge is 0.444 e. The van der Waals surface area contributed by atoms with E-state index >= 15 is 0 Å². The molecular weight excluding hydrogens is 216 g/mol. The lowest BCUT2D eigenvalue weighted by atomic mass is 9.89. The van der Waals surface area contributed by atoms with Crippen molar-refractivity contribution in [1.29, 1.82) is 0 Å². The van der Waals surface area contributed by atoms with Crippen molar-refractivity contribution in [2.75, 3.05) is 6.54 Å². The molecule has 2 aliphatic carbocycles. The van der Waals surface area contributed by atoms with Gasteiger partial charge in [0.05, 0.1) is 0 Å². The molecule has 0 aliphatic heterocycles.